The molecule has 5 heteroatoms. The van der Waals surface area contributed by atoms with Crippen molar-refractivity contribution in [2.75, 3.05) is 5.75 Å². The molecule has 1 aliphatic carbocycles. The molecular formula is C22H30O4S. The van der Waals surface area contributed by atoms with Crippen LogP contribution in [0.15, 0.2) is 39.5 Å². The summed E-state index contributed by atoms with van der Waals surface area (Å²) in [5.74, 6) is 1.76. The van der Waals surface area contributed by atoms with Crippen molar-refractivity contribution in [3.05, 3.63) is 46.3 Å². The summed E-state index contributed by atoms with van der Waals surface area (Å²) in [4.78, 5) is 11.3. The van der Waals surface area contributed by atoms with Gasteiger partial charge < -0.3 is 4.42 Å². The fourth-order valence-electron chi connectivity index (χ4n) is 4.22. The minimum atomic E-state index is -2.96. The molecule has 0 N–H and O–H groups in total. The lowest BCUT2D eigenvalue weighted by atomic mass is 9.74. The first-order chi connectivity index (χ1) is 12.7. The van der Waals surface area contributed by atoms with Crippen LogP contribution in [0.25, 0.3) is 11.0 Å². The van der Waals surface area contributed by atoms with Gasteiger partial charge in [-0.1, -0.05) is 19.4 Å². The van der Waals surface area contributed by atoms with Crippen LogP contribution in [0.4, 0.5) is 0 Å². The monoisotopic (exact) mass is 390 g/mol. The van der Waals surface area contributed by atoms with Crippen LogP contribution < -0.4 is 5.63 Å². The van der Waals surface area contributed by atoms with Crippen LogP contribution in [-0.4, -0.2) is 19.4 Å². The summed E-state index contributed by atoms with van der Waals surface area (Å²) >= 11 is 0. The zero-order valence-corrected chi connectivity index (χ0v) is 17.3. The topological polar surface area (TPSA) is 64.3 Å². The van der Waals surface area contributed by atoms with E-state index >= 15 is 0 Å². The Labute approximate surface area is 161 Å². The zero-order valence-electron chi connectivity index (χ0n) is 16.5. The van der Waals surface area contributed by atoms with Crippen LogP contribution in [0.5, 0.6) is 0 Å². The van der Waals surface area contributed by atoms with Crippen LogP contribution in [-0.2, 0) is 16.3 Å². The average Bonchev–Trinajstić information content (AvgIpc) is 2.61. The molecule has 1 saturated carbocycles. The van der Waals surface area contributed by atoms with E-state index in [0.717, 1.165) is 37.5 Å². The van der Waals surface area contributed by atoms with E-state index in [1.807, 2.05) is 18.2 Å². The second-order valence-corrected chi connectivity index (χ2v) is 11.1. The third kappa shape index (κ3) is 5.01. The first-order valence-corrected chi connectivity index (χ1v) is 11.7. The van der Waals surface area contributed by atoms with Gasteiger partial charge in [0.05, 0.1) is 11.0 Å². The molecule has 1 aliphatic rings. The Balaban J connectivity index is 1.56. The van der Waals surface area contributed by atoms with Gasteiger partial charge in [-0.2, -0.15) is 0 Å². The van der Waals surface area contributed by atoms with E-state index in [9.17, 15) is 13.2 Å². The van der Waals surface area contributed by atoms with Crippen molar-refractivity contribution in [2.45, 2.75) is 58.1 Å². The number of hydrogen-bond donors (Lipinski definition) is 0. The van der Waals surface area contributed by atoms with E-state index in [2.05, 4.69) is 13.0 Å². The Bertz CT molecular complexity index is 942. The molecule has 1 heterocycles. The molecule has 0 saturated heterocycles. The highest BCUT2D eigenvalue weighted by molar-refractivity contribution is 7.91. The number of aryl methyl sites for hydroxylation is 1. The normalized spacial score (nSPS) is 23.8. The fourth-order valence-corrected chi connectivity index (χ4v) is 5.70. The molecular weight excluding hydrogens is 360 g/mol. The Morgan fingerprint density at radius 3 is 2.63 bits per heavy atom. The molecule has 148 valence electrons. The summed E-state index contributed by atoms with van der Waals surface area (Å²) in [5.41, 5.74) is 1.57. The van der Waals surface area contributed by atoms with Gasteiger partial charge in [0.25, 0.3) is 0 Å². The van der Waals surface area contributed by atoms with Gasteiger partial charge in [-0.15, -0.1) is 0 Å². The van der Waals surface area contributed by atoms with Gasteiger partial charge in [-0.05, 0) is 81.0 Å². The third-order valence-electron chi connectivity index (χ3n) is 6.15. The summed E-state index contributed by atoms with van der Waals surface area (Å²) in [6.07, 6.45) is 5.37. The maximum Gasteiger partial charge on any atom is 0.336 e. The maximum absolute atomic E-state index is 12.2. The molecule has 0 radical (unpaired) electrons. The van der Waals surface area contributed by atoms with Crippen LogP contribution in [0.2, 0.25) is 0 Å². The Morgan fingerprint density at radius 2 is 1.93 bits per heavy atom. The zero-order chi connectivity index (χ0) is 19.6. The molecule has 0 amide bonds. The Hall–Kier alpha value is -1.62. The highest BCUT2D eigenvalue weighted by Gasteiger charge is 2.31. The highest BCUT2D eigenvalue weighted by atomic mass is 32.2. The highest BCUT2D eigenvalue weighted by Crippen LogP contribution is 2.37. The van der Waals surface area contributed by atoms with Gasteiger partial charge >= 0.3 is 5.63 Å². The molecule has 0 spiro atoms. The first-order valence-electron chi connectivity index (χ1n) is 9.99. The van der Waals surface area contributed by atoms with Crippen molar-refractivity contribution in [1.82, 2.24) is 0 Å². The van der Waals surface area contributed by atoms with Crippen LogP contribution in [0.3, 0.4) is 0 Å². The number of rotatable bonds is 6. The standard InChI is InChI=1S/C22H30O4S/c1-15(2)27(24,25)14-20-8-6-17(12-16(20)3)4-5-18-7-10-21-19(13-18)9-11-22(23)26-21/h7,9-11,13,15-17,20H,4-6,8,12,14H2,1-3H3/t16?,17-,20?/m1/s1. The minimum absolute atomic E-state index is 0.278. The Morgan fingerprint density at radius 1 is 1.15 bits per heavy atom. The van der Waals surface area contributed by atoms with Crippen molar-refractivity contribution in [3.63, 3.8) is 0 Å². The lowest BCUT2D eigenvalue weighted by Crippen LogP contribution is -2.31. The first kappa shape index (κ1) is 20.1. The summed E-state index contributed by atoms with van der Waals surface area (Å²) in [7, 11) is -2.96. The van der Waals surface area contributed by atoms with Crippen LogP contribution >= 0.6 is 0 Å². The van der Waals surface area contributed by atoms with Crippen molar-refractivity contribution < 1.29 is 12.8 Å². The molecule has 2 unspecified atom stereocenters. The van der Waals surface area contributed by atoms with Gasteiger partial charge in [-0.25, -0.2) is 13.2 Å². The molecule has 0 aliphatic heterocycles. The molecule has 2 aromatic rings. The molecule has 1 aromatic carbocycles. The summed E-state index contributed by atoms with van der Waals surface area (Å²) in [6.45, 7) is 5.77. The molecule has 4 nitrogen and oxygen atoms in total. The van der Waals surface area contributed by atoms with Crippen molar-refractivity contribution in [2.24, 2.45) is 17.8 Å². The molecule has 3 atom stereocenters. The largest absolute Gasteiger partial charge is 0.423 e. The fraction of sp³-hybridized carbons (Fsp3) is 0.591. The quantitative estimate of drug-likeness (QED) is 0.676. The van der Waals surface area contributed by atoms with Crippen LogP contribution in [0.1, 0.15) is 52.0 Å². The van der Waals surface area contributed by atoms with E-state index in [4.69, 9.17) is 4.42 Å². The molecule has 3 rings (SSSR count). The van der Waals surface area contributed by atoms with Gasteiger partial charge in [0.1, 0.15) is 5.58 Å². The average molecular weight is 391 g/mol. The van der Waals surface area contributed by atoms with Gasteiger partial charge in [0, 0.05) is 11.5 Å². The predicted molar refractivity (Wildman–Crippen MR) is 110 cm³/mol. The lowest BCUT2D eigenvalue weighted by Gasteiger charge is -2.34. The summed E-state index contributed by atoms with van der Waals surface area (Å²) in [6, 6.07) is 9.29. The summed E-state index contributed by atoms with van der Waals surface area (Å²) < 4.78 is 29.7. The summed E-state index contributed by atoms with van der Waals surface area (Å²) in [5, 5.41) is 0.683. The van der Waals surface area contributed by atoms with E-state index in [1.165, 1.54) is 11.6 Å². The van der Waals surface area contributed by atoms with Gasteiger partial charge in [-0.3, -0.25) is 0 Å². The van der Waals surface area contributed by atoms with E-state index in [-0.39, 0.29) is 10.9 Å². The van der Waals surface area contributed by atoms with E-state index in [0.29, 0.717) is 29.1 Å². The molecule has 1 fully saturated rings. The number of sulfone groups is 1. The number of hydrogen-bond acceptors (Lipinski definition) is 4. The van der Waals surface area contributed by atoms with Crippen molar-refractivity contribution in [3.8, 4) is 0 Å². The van der Waals surface area contributed by atoms with Crippen molar-refractivity contribution >= 4 is 20.8 Å². The molecule has 27 heavy (non-hydrogen) atoms. The number of fused-ring (bicyclic) bond motifs is 1. The second-order valence-electron chi connectivity index (χ2n) is 8.46. The lowest BCUT2D eigenvalue weighted by molar-refractivity contribution is 0.202. The Kier molecular flexibility index (Phi) is 6.09. The van der Waals surface area contributed by atoms with Gasteiger partial charge in [0.2, 0.25) is 0 Å². The second kappa shape index (κ2) is 8.17. The molecule has 1 aromatic heterocycles. The minimum Gasteiger partial charge on any atom is -0.423 e. The predicted octanol–water partition coefficient (Wildman–Crippen LogP) is 4.60. The SMILES string of the molecule is CC1C[C@H](CCc2ccc3oc(=O)ccc3c2)CCC1CS(=O)(=O)C(C)C. The van der Waals surface area contributed by atoms with Crippen LogP contribution in [0, 0.1) is 17.8 Å². The van der Waals surface area contributed by atoms with E-state index < -0.39 is 9.84 Å². The van der Waals surface area contributed by atoms with Crippen molar-refractivity contribution in [1.29, 1.82) is 0 Å². The maximum atomic E-state index is 12.2. The number of benzene rings is 1. The smallest absolute Gasteiger partial charge is 0.336 e. The van der Waals surface area contributed by atoms with E-state index in [1.54, 1.807) is 13.8 Å². The van der Waals surface area contributed by atoms with Gasteiger partial charge in [0.15, 0.2) is 9.84 Å². The third-order valence-corrected chi connectivity index (χ3v) is 8.47. The molecule has 0 bridgehead atoms.